The van der Waals surface area contributed by atoms with Gasteiger partial charge in [0.15, 0.2) is 0 Å². The van der Waals surface area contributed by atoms with Gasteiger partial charge in [0.05, 0.1) is 10.6 Å². The van der Waals surface area contributed by atoms with E-state index in [0.717, 1.165) is 15.6 Å². The van der Waals surface area contributed by atoms with Crippen LogP contribution in [0.25, 0.3) is 0 Å². The highest BCUT2D eigenvalue weighted by Gasteiger charge is 2.28. The smallest absolute Gasteiger partial charge is 0.264 e. The number of nitrogens with zero attached hydrogens (tertiary/aromatic N) is 1. The van der Waals surface area contributed by atoms with Crippen LogP contribution in [0.5, 0.6) is 0 Å². The van der Waals surface area contributed by atoms with Crippen molar-refractivity contribution in [2.75, 3.05) is 16.2 Å². The van der Waals surface area contributed by atoms with E-state index in [1.807, 2.05) is 42.5 Å². The minimum atomic E-state index is -4.01. The Hall–Kier alpha value is -3.26. The molecule has 0 aliphatic heterocycles. The molecule has 0 atom stereocenters. The van der Waals surface area contributed by atoms with Crippen LogP contribution in [0, 0.1) is 6.92 Å². The molecule has 1 amide bonds. The number of carbonyl (C=O) groups is 1. The van der Waals surface area contributed by atoms with Crippen molar-refractivity contribution in [1.29, 1.82) is 0 Å². The van der Waals surface area contributed by atoms with Crippen LogP contribution in [-0.4, -0.2) is 20.9 Å². The van der Waals surface area contributed by atoms with Gasteiger partial charge in [0.1, 0.15) is 6.54 Å². The first kappa shape index (κ1) is 25.8. The van der Waals surface area contributed by atoms with Crippen molar-refractivity contribution in [3.63, 3.8) is 0 Å². The molecule has 5 nitrogen and oxygen atoms in total. The topological polar surface area (TPSA) is 66.5 Å². The number of thioether (sulfide) groups is 1. The van der Waals surface area contributed by atoms with Gasteiger partial charge >= 0.3 is 0 Å². The van der Waals surface area contributed by atoms with Gasteiger partial charge in [-0.2, -0.15) is 0 Å². The van der Waals surface area contributed by atoms with Crippen LogP contribution in [0.4, 0.5) is 11.4 Å². The van der Waals surface area contributed by atoms with E-state index in [1.54, 1.807) is 55.1 Å². The lowest BCUT2D eigenvalue weighted by molar-refractivity contribution is -0.114. The van der Waals surface area contributed by atoms with Crippen molar-refractivity contribution in [3.05, 3.63) is 119 Å². The van der Waals surface area contributed by atoms with E-state index in [4.69, 9.17) is 11.6 Å². The summed E-state index contributed by atoms with van der Waals surface area (Å²) in [4.78, 5) is 14.3. The van der Waals surface area contributed by atoms with E-state index in [2.05, 4.69) is 17.4 Å². The molecule has 0 aliphatic rings. The minimum Gasteiger partial charge on any atom is -0.325 e. The second-order valence-electron chi connectivity index (χ2n) is 8.10. The molecule has 4 aromatic rings. The zero-order valence-corrected chi connectivity index (χ0v) is 22.0. The highest BCUT2D eigenvalue weighted by atomic mass is 35.5. The van der Waals surface area contributed by atoms with Gasteiger partial charge in [-0.15, -0.1) is 11.8 Å². The number of amides is 1. The van der Waals surface area contributed by atoms with Crippen LogP contribution in [0.1, 0.15) is 11.1 Å². The zero-order chi connectivity index (χ0) is 25.5. The first-order chi connectivity index (χ1) is 17.3. The second kappa shape index (κ2) is 11.6. The van der Waals surface area contributed by atoms with Crippen LogP contribution in [-0.2, 0) is 20.6 Å². The summed E-state index contributed by atoms with van der Waals surface area (Å²) < 4.78 is 28.1. The first-order valence-corrected chi connectivity index (χ1v) is 14.0. The predicted molar refractivity (Wildman–Crippen MR) is 148 cm³/mol. The summed E-state index contributed by atoms with van der Waals surface area (Å²) in [6.07, 6.45) is 0. The van der Waals surface area contributed by atoms with Crippen molar-refractivity contribution in [2.45, 2.75) is 22.5 Å². The Kier molecular flexibility index (Phi) is 8.36. The van der Waals surface area contributed by atoms with Gasteiger partial charge in [-0.25, -0.2) is 8.42 Å². The molecule has 8 heteroatoms. The molecular formula is C28H25ClN2O3S2. The zero-order valence-electron chi connectivity index (χ0n) is 19.6. The lowest BCUT2D eigenvalue weighted by atomic mass is 10.2. The third-order valence-electron chi connectivity index (χ3n) is 5.44. The molecule has 0 aliphatic carbocycles. The molecule has 0 heterocycles. The lowest BCUT2D eigenvalue weighted by Gasteiger charge is -2.26. The number of hydrogen-bond donors (Lipinski definition) is 1. The molecule has 0 saturated carbocycles. The quantitative estimate of drug-likeness (QED) is 0.240. The van der Waals surface area contributed by atoms with E-state index in [-0.39, 0.29) is 4.90 Å². The fraction of sp³-hybridized carbons (Fsp3) is 0.107. The predicted octanol–water partition coefficient (Wildman–Crippen LogP) is 6.77. The molecule has 184 valence electrons. The summed E-state index contributed by atoms with van der Waals surface area (Å²) in [5, 5.41) is 3.20. The van der Waals surface area contributed by atoms with Crippen LogP contribution < -0.4 is 9.62 Å². The number of rotatable bonds is 9. The lowest BCUT2D eigenvalue weighted by Crippen LogP contribution is -2.38. The van der Waals surface area contributed by atoms with E-state index in [0.29, 0.717) is 22.0 Å². The van der Waals surface area contributed by atoms with Crippen molar-refractivity contribution < 1.29 is 13.2 Å². The molecule has 1 N–H and O–H groups in total. The van der Waals surface area contributed by atoms with E-state index in [9.17, 15) is 13.2 Å². The van der Waals surface area contributed by atoms with Gasteiger partial charge in [-0.1, -0.05) is 66.2 Å². The van der Waals surface area contributed by atoms with Crippen molar-refractivity contribution in [2.24, 2.45) is 0 Å². The number of aryl methyl sites for hydroxylation is 1. The van der Waals surface area contributed by atoms with Gasteiger partial charge in [0.25, 0.3) is 10.0 Å². The summed E-state index contributed by atoms with van der Waals surface area (Å²) in [6, 6.07) is 30.7. The largest absolute Gasteiger partial charge is 0.325 e. The van der Waals surface area contributed by atoms with Crippen LogP contribution >= 0.6 is 23.4 Å². The highest BCUT2D eigenvalue weighted by Crippen LogP contribution is 2.29. The summed E-state index contributed by atoms with van der Waals surface area (Å²) in [7, 11) is -4.01. The minimum absolute atomic E-state index is 0.0949. The average molecular weight is 537 g/mol. The van der Waals surface area contributed by atoms with E-state index in [1.165, 1.54) is 17.0 Å². The van der Waals surface area contributed by atoms with Gasteiger partial charge in [0.2, 0.25) is 5.91 Å². The molecule has 0 saturated heterocycles. The third-order valence-corrected chi connectivity index (χ3v) is 8.54. The standard InChI is InChI=1S/C28H25ClN2O3S2/c1-21-12-15-23(29)18-27(21)31(36(33,34)26-10-6-3-7-11-26)19-28(32)30-24-16-13-22(14-17-24)20-35-25-8-4-2-5-9-25/h2-18H,19-20H2,1H3,(H,30,32). The summed E-state index contributed by atoms with van der Waals surface area (Å²) in [5.74, 6) is 0.343. The summed E-state index contributed by atoms with van der Waals surface area (Å²) in [5.41, 5.74) is 2.75. The van der Waals surface area contributed by atoms with E-state index < -0.39 is 22.5 Å². The summed E-state index contributed by atoms with van der Waals surface area (Å²) in [6.45, 7) is 1.38. The van der Waals surface area contributed by atoms with Crippen molar-refractivity contribution in [1.82, 2.24) is 0 Å². The third kappa shape index (κ3) is 6.49. The normalized spacial score (nSPS) is 11.2. The fourth-order valence-electron chi connectivity index (χ4n) is 3.57. The Bertz CT molecular complexity index is 1430. The molecular weight excluding hydrogens is 512 g/mol. The van der Waals surface area contributed by atoms with Gasteiger partial charge in [0, 0.05) is 21.4 Å². The first-order valence-electron chi connectivity index (χ1n) is 11.2. The number of benzene rings is 4. The number of anilines is 2. The van der Waals surface area contributed by atoms with Crippen LogP contribution in [0.3, 0.4) is 0 Å². The molecule has 0 aromatic heterocycles. The van der Waals surface area contributed by atoms with Gasteiger partial charge < -0.3 is 5.32 Å². The maximum absolute atomic E-state index is 13.5. The molecule has 0 fully saturated rings. The Morgan fingerprint density at radius 1 is 0.889 bits per heavy atom. The SMILES string of the molecule is Cc1ccc(Cl)cc1N(CC(=O)Nc1ccc(CSc2ccccc2)cc1)S(=O)(=O)c1ccccc1. The maximum atomic E-state index is 13.5. The van der Waals surface area contributed by atoms with Crippen molar-refractivity contribution in [3.8, 4) is 0 Å². The van der Waals surface area contributed by atoms with Gasteiger partial charge in [-0.05, 0) is 66.6 Å². The molecule has 0 radical (unpaired) electrons. The molecule has 4 aromatic carbocycles. The maximum Gasteiger partial charge on any atom is 0.264 e. The molecule has 0 spiro atoms. The van der Waals surface area contributed by atoms with Crippen LogP contribution in [0.15, 0.2) is 113 Å². The molecule has 4 rings (SSSR count). The number of halogens is 1. The molecule has 0 bridgehead atoms. The Morgan fingerprint density at radius 2 is 1.53 bits per heavy atom. The monoisotopic (exact) mass is 536 g/mol. The van der Waals surface area contributed by atoms with E-state index >= 15 is 0 Å². The average Bonchev–Trinajstić information content (AvgIpc) is 2.89. The second-order valence-corrected chi connectivity index (χ2v) is 11.4. The van der Waals surface area contributed by atoms with Gasteiger partial charge in [-0.3, -0.25) is 9.10 Å². The highest BCUT2D eigenvalue weighted by molar-refractivity contribution is 7.98. The number of carbonyl (C=O) groups excluding carboxylic acids is 1. The van der Waals surface area contributed by atoms with Crippen molar-refractivity contribution >= 4 is 50.7 Å². The fourth-order valence-corrected chi connectivity index (χ4v) is 6.11. The van der Waals surface area contributed by atoms with Crippen LogP contribution in [0.2, 0.25) is 5.02 Å². The molecule has 0 unspecified atom stereocenters. The Morgan fingerprint density at radius 3 is 2.19 bits per heavy atom. The number of sulfonamides is 1. The summed E-state index contributed by atoms with van der Waals surface area (Å²) >= 11 is 7.91. The Labute approximate surface area is 221 Å². The number of nitrogens with one attached hydrogen (secondary N) is 1. The Balaban J connectivity index is 1.50. The number of hydrogen-bond acceptors (Lipinski definition) is 4. The molecule has 36 heavy (non-hydrogen) atoms.